The van der Waals surface area contributed by atoms with Crippen LogP contribution in [0.4, 0.5) is 5.69 Å². The second-order valence-electron chi connectivity index (χ2n) is 5.84. The van der Waals surface area contributed by atoms with Gasteiger partial charge in [0.25, 0.3) is 0 Å². The molecule has 22 heavy (non-hydrogen) atoms. The van der Waals surface area contributed by atoms with Crippen LogP contribution in [0.1, 0.15) is 20.3 Å². The van der Waals surface area contributed by atoms with E-state index in [4.69, 9.17) is 4.74 Å². The molecule has 0 saturated carbocycles. The molecule has 0 aromatic heterocycles. The standard InChI is InChI=1S/C17H27N3O2/c1-4-14(2)18-17(21)13-19-9-11-20(12-10-19)15-5-7-16(22-3)8-6-15/h5-8,14H,4,9-13H2,1-3H3,(H,18,21)/t14-/m0/s1. The molecule has 1 N–H and O–H groups in total. The van der Waals surface area contributed by atoms with Gasteiger partial charge in [0, 0.05) is 37.9 Å². The zero-order valence-corrected chi connectivity index (χ0v) is 13.8. The second kappa shape index (κ2) is 8.03. The molecule has 5 heteroatoms. The Labute approximate surface area is 133 Å². The highest BCUT2D eigenvalue weighted by Gasteiger charge is 2.19. The SMILES string of the molecule is CC[C@H](C)NC(=O)CN1CCN(c2ccc(OC)cc2)CC1. The highest BCUT2D eigenvalue weighted by Crippen LogP contribution is 2.20. The van der Waals surface area contributed by atoms with Gasteiger partial charge in [-0.15, -0.1) is 0 Å². The van der Waals surface area contributed by atoms with E-state index < -0.39 is 0 Å². The van der Waals surface area contributed by atoms with Crippen molar-refractivity contribution in [3.63, 3.8) is 0 Å². The first kappa shape index (κ1) is 16.6. The van der Waals surface area contributed by atoms with Gasteiger partial charge in [-0.3, -0.25) is 9.69 Å². The van der Waals surface area contributed by atoms with Crippen LogP contribution in [0.25, 0.3) is 0 Å². The predicted octanol–water partition coefficient (Wildman–Crippen LogP) is 1.73. The summed E-state index contributed by atoms with van der Waals surface area (Å²) >= 11 is 0. The summed E-state index contributed by atoms with van der Waals surface area (Å²) < 4.78 is 5.19. The smallest absolute Gasteiger partial charge is 0.234 e. The molecule has 1 aliphatic rings. The average Bonchev–Trinajstić information content (AvgIpc) is 2.55. The van der Waals surface area contributed by atoms with E-state index in [0.717, 1.165) is 38.3 Å². The summed E-state index contributed by atoms with van der Waals surface area (Å²) in [7, 11) is 1.68. The van der Waals surface area contributed by atoms with Crippen LogP contribution in [0.15, 0.2) is 24.3 Å². The number of methoxy groups -OCH3 is 1. The van der Waals surface area contributed by atoms with Gasteiger partial charge in [0.15, 0.2) is 0 Å². The fraction of sp³-hybridized carbons (Fsp3) is 0.588. The Morgan fingerprint density at radius 2 is 1.86 bits per heavy atom. The number of nitrogens with one attached hydrogen (secondary N) is 1. The van der Waals surface area contributed by atoms with Crippen LogP contribution in [0.5, 0.6) is 5.75 Å². The molecule has 0 unspecified atom stereocenters. The molecule has 5 nitrogen and oxygen atoms in total. The van der Waals surface area contributed by atoms with E-state index in [2.05, 4.69) is 34.2 Å². The van der Waals surface area contributed by atoms with Crippen LogP contribution >= 0.6 is 0 Å². The maximum absolute atomic E-state index is 11.9. The second-order valence-corrected chi connectivity index (χ2v) is 5.84. The first-order chi connectivity index (χ1) is 10.6. The lowest BCUT2D eigenvalue weighted by Gasteiger charge is -2.35. The molecule has 0 aliphatic carbocycles. The zero-order chi connectivity index (χ0) is 15.9. The minimum absolute atomic E-state index is 0.132. The van der Waals surface area contributed by atoms with Crippen molar-refractivity contribution in [2.45, 2.75) is 26.3 Å². The number of anilines is 1. The van der Waals surface area contributed by atoms with Crippen molar-refractivity contribution in [1.82, 2.24) is 10.2 Å². The van der Waals surface area contributed by atoms with E-state index >= 15 is 0 Å². The molecule has 0 bridgehead atoms. The monoisotopic (exact) mass is 305 g/mol. The highest BCUT2D eigenvalue weighted by molar-refractivity contribution is 5.78. The van der Waals surface area contributed by atoms with Crippen molar-refractivity contribution >= 4 is 11.6 Å². The summed E-state index contributed by atoms with van der Waals surface area (Å²) in [6.45, 7) is 8.35. The molecule has 1 aromatic rings. The Hall–Kier alpha value is -1.75. The van der Waals surface area contributed by atoms with E-state index in [-0.39, 0.29) is 11.9 Å². The van der Waals surface area contributed by atoms with Crippen molar-refractivity contribution < 1.29 is 9.53 Å². The lowest BCUT2D eigenvalue weighted by molar-refractivity contribution is -0.122. The maximum atomic E-state index is 11.9. The number of benzene rings is 1. The number of hydrogen-bond donors (Lipinski definition) is 1. The van der Waals surface area contributed by atoms with Crippen molar-refractivity contribution in [2.75, 3.05) is 44.7 Å². The fourth-order valence-corrected chi connectivity index (χ4v) is 2.58. The van der Waals surface area contributed by atoms with Crippen molar-refractivity contribution in [1.29, 1.82) is 0 Å². The molecule has 0 spiro atoms. The Morgan fingerprint density at radius 3 is 2.41 bits per heavy atom. The van der Waals surface area contributed by atoms with Gasteiger partial charge in [0.2, 0.25) is 5.91 Å². The summed E-state index contributed by atoms with van der Waals surface area (Å²) in [6.07, 6.45) is 0.969. The molecule has 0 radical (unpaired) electrons. The molecule has 1 amide bonds. The number of ether oxygens (including phenoxy) is 1. The fourth-order valence-electron chi connectivity index (χ4n) is 2.58. The van der Waals surface area contributed by atoms with Gasteiger partial charge in [0.1, 0.15) is 5.75 Å². The van der Waals surface area contributed by atoms with Crippen LogP contribution in [0, 0.1) is 0 Å². The van der Waals surface area contributed by atoms with Gasteiger partial charge in [-0.2, -0.15) is 0 Å². The molecule has 1 saturated heterocycles. The zero-order valence-electron chi connectivity index (χ0n) is 13.8. The molecule has 1 aromatic carbocycles. The molecule has 1 aliphatic heterocycles. The minimum atomic E-state index is 0.132. The average molecular weight is 305 g/mol. The Balaban J connectivity index is 1.78. The number of rotatable bonds is 6. The normalized spacial score (nSPS) is 17.1. The Bertz CT molecular complexity index is 467. The van der Waals surface area contributed by atoms with Gasteiger partial charge in [-0.1, -0.05) is 6.92 Å². The molecule has 1 fully saturated rings. The molecule has 1 atom stereocenters. The van der Waals surface area contributed by atoms with E-state index in [1.165, 1.54) is 5.69 Å². The quantitative estimate of drug-likeness (QED) is 0.869. The number of nitrogens with zero attached hydrogens (tertiary/aromatic N) is 2. The van der Waals surface area contributed by atoms with Crippen molar-refractivity contribution in [3.8, 4) is 5.75 Å². The minimum Gasteiger partial charge on any atom is -0.497 e. The van der Waals surface area contributed by atoms with E-state index in [1.807, 2.05) is 19.1 Å². The number of hydrogen-bond acceptors (Lipinski definition) is 4. The first-order valence-electron chi connectivity index (χ1n) is 8.03. The van der Waals surface area contributed by atoms with E-state index in [1.54, 1.807) is 7.11 Å². The summed E-state index contributed by atoms with van der Waals surface area (Å²) in [5.41, 5.74) is 1.21. The highest BCUT2D eigenvalue weighted by atomic mass is 16.5. The van der Waals surface area contributed by atoms with Crippen LogP contribution in [0.2, 0.25) is 0 Å². The van der Waals surface area contributed by atoms with Crippen LogP contribution in [-0.2, 0) is 4.79 Å². The third-order valence-corrected chi connectivity index (χ3v) is 4.20. The first-order valence-corrected chi connectivity index (χ1v) is 8.03. The predicted molar refractivity (Wildman–Crippen MR) is 89.5 cm³/mol. The van der Waals surface area contributed by atoms with Crippen molar-refractivity contribution in [3.05, 3.63) is 24.3 Å². The molecule has 2 rings (SSSR count). The topological polar surface area (TPSA) is 44.8 Å². The summed E-state index contributed by atoms with van der Waals surface area (Å²) in [4.78, 5) is 16.5. The van der Waals surface area contributed by atoms with Gasteiger partial charge >= 0.3 is 0 Å². The Kier molecular flexibility index (Phi) is 6.07. The van der Waals surface area contributed by atoms with E-state index in [9.17, 15) is 4.79 Å². The number of piperazine rings is 1. The summed E-state index contributed by atoms with van der Waals surface area (Å²) in [5, 5.41) is 3.02. The van der Waals surface area contributed by atoms with E-state index in [0.29, 0.717) is 6.54 Å². The van der Waals surface area contributed by atoms with Crippen molar-refractivity contribution in [2.24, 2.45) is 0 Å². The number of carbonyl (C=O) groups excluding carboxylic acids is 1. The maximum Gasteiger partial charge on any atom is 0.234 e. The van der Waals surface area contributed by atoms with Gasteiger partial charge in [-0.25, -0.2) is 0 Å². The lowest BCUT2D eigenvalue weighted by atomic mass is 10.2. The molecular weight excluding hydrogens is 278 g/mol. The summed E-state index contributed by atoms with van der Waals surface area (Å²) in [5.74, 6) is 1.01. The molecule has 122 valence electrons. The largest absolute Gasteiger partial charge is 0.497 e. The van der Waals surface area contributed by atoms with Crippen LogP contribution < -0.4 is 15.0 Å². The van der Waals surface area contributed by atoms with Gasteiger partial charge < -0.3 is 15.0 Å². The van der Waals surface area contributed by atoms with Gasteiger partial charge in [-0.05, 0) is 37.6 Å². The third kappa shape index (κ3) is 4.63. The molecular formula is C17H27N3O2. The third-order valence-electron chi connectivity index (χ3n) is 4.20. The van der Waals surface area contributed by atoms with Gasteiger partial charge in [0.05, 0.1) is 13.7 Å². The Morgan fingerprint density at radius 1 is 1.23 bits per heavy atom. The lowest BCUT2D eigenvalue weighted by Crippen LogP contribution is -2.50. The number of amides is 1. The summed E-state index contributed by atoms with van der Waals surface area (Å²) in [6, 6.07) is 8.41. The molecule has 1 heterocycles. The number of carbonyl (C=O) groups is 1. The van der Waals surface area contributed by atoms with Crippen LogP contribution in [0.3, 0.4) is 0 Å². The van der Waals surface area contributed by atoms with Crippen LogP contribution in [-0.4, -0.2) is 56.7 Å².